The Hall–Kier alpha value is -1.78. The Morgan fingerprint density at radius 2 is 1.78 bits per heavy atom. The summed E-state index contributed by atoms with van der Waals surface area (Å²) in [6.45, 7) is 5.70. The first kappa shape index (κ1) is 17.6. The van der Waals surface area contributed by atoms with Crippen LogP contribution in [0.15, 0.2) is 54.6 Å². The topological polar surface area (TPSA) is 41.1 Å². The SMILES string of the molecule is CCNCc1ccccc1NC(=O)C(C)SCc1ccccc1. The van der Waals surface area contributed by atoms with Gasteiger partial charge in [-0.3, -0.25) is 4.79 Å². The average Bonchev–Trinajstić information content (AvgIpc) is 2.59. The minimum absolute atomic E-state index is 0.0508. The molecule has 4 heteroatoms. The van der Waals surface area contributed by atoms with Crippen LogP contribution in [0.2, 0.25) is 0 Å². The highest BCUT2D eigenvalue weighted by Crippen LogP contribution is 2.21. The molecule has 1 unspecified atom stereocenters. The number of hydrogen-bond donors (Lipinski definition) is 2. The summed E-state index contributed by atoms with van der Waals surface area (Å²) >= 11 is 1.65. The highest BCUT2D eigenvalue weighted by molar-refractivity contribution is 7.99. The molecular weight excluding hydrogens is 304 g/mol. The molecule has 2 rings (SSSR count). The Balaban J connectivity index is 1.90. The summed E-state index contributed by atoms with van der Waals surface area (Å²) in [5.74, 6) is 0.893. The maximum Gasteiger partial charge on any atom is 0.237 e. The number of benzene rings is 2. The van der Waals surface area contributed by atoms with Gasteiger partial charge >= 0.3 is 0 Å². The van der Waals surface area contributed by atoms with Crippen molar-refractivity contribution in [1.29, 1.82) is 0 Å². The zero-order valence-corrected chi connectivity index (χ0v) is 14.5. The van der Waals surface area contributed by atoms with Crippen molar-refractivity contribution in [3.05, 3.63) is 65.7 Å². The third-order valence-corrected chi connectivity index (χ3v) is 4.77. The van der Waals surface area contributed by atoms with E-state index in [1.807, 2.05) is 49.4 Å². The molecule has 2 aromatic rings. The van der Waals surface area contributed by atoms with Crippen molar-refractivity contribution in [2.45, 2.75) is 31.4 Å². The van der Waals surface area contributed by atoms with Gasteiger partial charge in [0.15, 0.2) is 0 Å². The van der Waals surface area contributed by atoms with E-state index in [9.17, 15) is 4.79 Å². The predicted octanol–water partition coefficient (Wildman–Crippen LogP) is 4.06. The van der Waals surface area contributed by atoms with Gasteiger partial charge in [-0.2, -0.15) is 0 Å². The maximum atomic E-state index is 12.4. The third kappa shape index (κ3) is 5.73. The van der Waals surface area contributed by atoms with Crippen LogP contribution in [-0.2, 0) is 17.1 Å². The molecule has 0 aromatic heterocycles. The van der Waals surface area contributed by atoms with E-state index in [2.05, 4.69) is 29.7 Å². The van der Waals surface area contributed by atoms with Crippen LogP contribution >= 0.6 is 11.8 Å². The van der Waals surface area contributed by atoms with E-state index in [0.29, 0.717) is 0 Å². The molecule has 23 heavy (non-hydrogen) atoms. The van der Waals surface area contributed by atoms with Gasteiger partial charge in [0.25, 0.3) is 0 Å². The van der Waals surface area contributed by atoms with E-state index in [0.717, 1.165) is 30.1 Å². The van der Waals surface area contributed by atoms with Crippen LogP contribution < -0.4 is 10.6 Å². The fourth-order valence-electron chi connectivity index (χ4n) is 2.16. The van der Waals surface area contributed by atoms with Gasteiger partial charge < -0.3 is 10.6 Å². The van der Waals surface area contributed by atoms with Gasteiger partial charge in [0.2, 0.25) is 5.91 Å². The van der Waals surface area contributed by atoms with Gasteiger partial charge in [-0.25, -0.2) is 0 Å². The molecular formula is C19H24N2OS. The Bertz CT molecular complexity index is 616. The first-order valence-electron chi connectivity index (χ1n) is 7.95. The first-order valence-corrected chi connectivity index (χ1v) is 9.00. The normalized spacial score (nSPS) is 11.9. The van der Waals surface area contributed by atoms with Crippen LogP contribution in [0.1, 0.15) is 25.0 Å². The Kier molecular flexibility index (Phi) is 7.17. The minimum atomic E-state index is -0.0950. The molecule has 0 heterocycles. The third-order valence-electron chi connectivity index (χ3n) is 3.55. The van der Waals surface area contributed by atoms with Crippen molar-refractivity contribution < 1.29 is 4.79 Å². The van der Waals surface area contributed by atoms with Crippen LogP contribution in [0, 0.1) is 0 Å². The van der Waals surface area contributed by atoms with Crippen LogP contribution in [0.3, 0.4) is 0 Å². The fraction of sp³-hybridized carbons (Fsp3) is 0.316. The van der Waals surface area contributed by atoms with E-state index in [-0.39, 0.29) is 11.2 Å². The van der Waals surface area contributed by atoms with Gasteiger partial charge in [0.1, 0.15) is 0 Å². The number of hydrogen-bond acceptors (Lipinski definition) is 3. The van der Waals surface area contributed by atoms with Crippen LogP contribution in [0.4, 0.5) is 5.69 Å². The molecule has 0 saturated carbocycles. The quantitative estimate of drug-likeness (QED) is 0.768. The second kappa shape index (κ2) is 9.38. The molecule has 2 N–H and O–H groups in total. The molecule has 1 amide bonds. The summed E-state index contributed by atoms with van der Waals surface area (Å²) in [6, 6.07) is 18.2. The number of anilines is 1. The van der Waals surface area contributed by atoms with E-state index >= 15 is 0 Å². The molecule has 0 saturated heterocycles. The van der Waals surface area contributed by atoms with Crippen LogP contribution in [0.5, 0.6) is 0 Å². The van der Waals surface area contributed by atoms with Crippen molar-refractivity contribution >= 4 is 23.4 Å². The predicted molar refractivity (Wildman–Crippen MR) is 99.7 cm³/mol. The molecule has 1 atom stereocenters. The minimum Gasteiger partial charge on any atom is -0.325 e. The van der Waals surface area contributed by atoms with Crippen molar-refractivity contribution in [2.75, 3.05) is 11.9 Å². The Morgan fingerprint density at radius 3 is 2.52 bits per heavy atom. The molecule has 3 nitrogen and oxygen atoms in total. The summed E-state index contributed by atoms with van der Waals surface area (Å²) in [5.41, 5.74) is 3.25. The first-order chi connectivity index (χ1) is 11.2. The number of thioether (sulfide) groups is 1. The second-order valence-electron chi connectivity index (χ2n) is 5.37. The van der Waals surface area contributed by atoms with Crippen molar-refractivity contribution in [2.24, 2.45) is 0 Å². The lowest BCUT2D eigenvalue weighted by molar-refractivity contribution is -0.115. The number of amides is 1. The fourth-order valence-corrected chi connectivity index (χ4v) is 3.01. The monoisotopic (exact) mass is 328 g/mol. The number of para-hydroxylation sites is 1. The standard InChI is InChI=1S/C19H24N2OS/c1-3-20-13-17-11-7-8-12-18(17)21-19(22)15(2)23-14-16-9-5-4-6-10-16/h4-12,15,20H,3,13-14H2,1-2H3,(H,21,22). The summed E-state index contributed by atoms with van der Waals surface area (Å²) in [5, 5.41) is 6.26. The van der Waals surface area contributed by atoms with Crippen LogP contribution in [0.25, 0.3) is 0 Å². The molecule has 0 aliphatic rings. The van der Waals surface area contributed by atoms with E-state index < -0.39 is 0 Å². The number of carbonyl (C=O) groups is 1. The van der Waals surface area contributed by atoms with Gasteiger partial charge in [0.05, 0.1) is 5.25 Å². The number of carbonyl (C=O) groups excluding carboxylic acids is 1. The Morgan fingerprint density at radius 1 is 1.09 bits per heavy atom. The lowest BCUT2D eigenvalue weighted by atomic mass is 10.1. The van der Waals surface area contributed by atoms with Crippen molar-refractivity contribution in [3.8, 4) is 0 Å². The molecule has 0 fully saturated rings. The zero-order chi connectivity index (χ0) is 16.5. The maximum absolute atomic E-state index is 12.4. The summed E-state index contributed by atoms with van der Waals surface area (Å²) in [6.07, 6.45) is 0. The molecule has 0 spiro atoms. The zero-order valence-electron chi connectivity index (χ0n) is 13.7. The van der Waals surface area contributed by atoms with E-state index in [4.69, 9.17) is 0 Å². The van der Waals surface area contributed by atoms with E-state index in [1.165, 1.54) is 5.56 Å². The molecule has 2 aromatic carbocycles. The highest BCUT2D eigenvalue weighted by atomic mass is 32.2. The largest absolute Gasteiger partial charge is 0.325 e. The Labute approximate surface area is 142 Å². The van der Waals surface area contributed by atoms with Crippen LogP contribution in [-0.4, -0.2) is 17.7 Å². The second-order valence-corrected chi connectivity index (χ2v) is 6.69. The molecule has 0 radical (unpaired) electrons. The summed E-state index contributed by atoms with van der Waals surface area (Å²) in [4.78, 5) is 12.4. The van der Waals surface area contributed by atoms with Gasteiger partial charge in [-0.05, 0) is 30.7 Å². The van der Waals surface area contributed by atoms with Gasteiger partial charge in [-0.1, -0.05) is 55.5 Å². The number of nitrogens with one attached hydrogen (secondary N) is 2. The highest BCUT2D eigenvalue weighted by Gasteiger charge is 2.15. The number of rotatable bonds is 8. The molecule has 122 valence electrons. The molecule has 0 aliphatic heterocycles. The van der Waals surface area contributed by atoms with Gasteiger partial charge in [0, 0.05) is 18.0 Å². The smallest absolute Gasteiger partial charge is 0.237 e. The van der Waals surface area contributed by atoms with Crippen molar-refractivity contribution in [3.63, 3.8) is 0 Å². The summed E-state index contributed by atoms with van der Waals surface area (Å²) in [7, 11) is 0. The summed E-state index contributed by atoms with van der Waals surface area (Å²) < 4.78 is 0. The van der Waals surface area contributed by atoms with Crippen molar-refractivity contribution in [1.82, 2.24) is 5.32 Å². The lowest BCUT2D eigenvalue weighted by Crippen LogP contribution is -2.24. The van der Waals surface area contributed by atoms with Gasteiger partial charge in [-0.15, -0.1) is 11.8 Å². The van der Waals surface area contributed by atoms with E-state index in [1.54, 1.807) is 11.8 Å². The lowest BCUT2D eigenvalue weighted by Gasteiger charge is -2.15. The average molecular weight is 328 g/mol. The molecule has 0 aliphatic carbocycles. The molecule has 0 bridgehead atoms.